The fourth-order valence-corrected chi connectivity index (χ4v) is 1.75. The molecule has 13 heavy (non-hydrogen) atoms. The summed E-state index contributed by atoms with van der Waals surface area (Å²) in [5, 5.41) is 16.3. The van der Waals surface area contributed by atoms with E-state index in [0.717, 1.165) is 6.42 Å². The Morgan fingerprint density at radius 1 is 1.69 bits per heavy atom. The molecule has 76 valence electrons. The first-order valence-corrected chi connectivity index (χ1v) is 4.91. The molecule has 1 rings (SSSR count). The second-order valence-corrected chi connectivity index (χ2v) is 3.57. The molecule has 0 saturated heterocycles. The van der Waals surface area contributed by atoms with E-state index in [1.807, 2.05) is 6.92 Å². The molecule has 4 heteroatoms. The molecule has 0 amide bonds. The maximum Gasteiger partial charge on any atom is 0.108 e. The molecular formula is C9H19N3O. The van der Waals surface area contributed by atoms with Gasteiger partial charge < -0.3 is 10.8 Å². The highest BCUT2D eigenvalue weighted by Crippen LogP contribution is 2.28. The van der Waals surface area contributed by atoms with Crippen molar-refractivity contribution in [3.8, 4) is 0 Å². The van der Waals surface area contributed by atoms with E-state index in [4.69, 9.17) is 16.2 Å². The Morgan fingerprint density at radius 2 is 2.31 bits per heavy atom. The van der Waals surface area contributed by atoms with Gasteiger partial charge >= 0.3 is 0 Å². The van der Waals surface area contributed by atoms with Crippen molar-refractivity contribution in [1.82, 2.24) is 4.90 Å². The average molecular weight is 185 g/mol. The summed E-state index contributed by atoms with van der Waals surface area (Å²) in [5.41, 5.74) is 5.50. The first kappa shape index (κ1) is 10.5. The summed E-state index contributed by atoms with van der Waals surface area (Å²) in [7, 11) is 0. The minimum absolute atomic E-state index is 0.0275. The summed E-state index contributed by atoms with van der Waals surface area (Å²) in [4.78, 5) is 2.16. The van der Waals surface area contributed by atoms with Gasteiger partial charge in [-0.1, -0.05) is 6.92 Å². The van der Waals surface area contributed by atoms with Gasteiger partial charge in [0.25, 0.3) is 0 Å². The summed E-state index contributed by atoms with van der Waals surface area (Å²) in [6.07, 6.45) is 3.22. The largest absolute Gasteiger partial charge is 0.395 e. The molecule has 1 aliphatic carbocycles. The van der Waals surface area contributed by atoms with Crippen LogP contribution in [0.25, 0.3) is 0 Å². The van der Waals surface area contributed by atoms with E-state index in [9.17, 15) is 0 Å². The molecule has 1 atom stereocenters. The van der Waals surface area contributed by atoms with Crippen LogP contribution in [-0.2, 0) is 0 Å². The molecule has 4 nitrogen and oxygen atoms in total. The number of rotatable bonds is 6. The van der Waals surface area contributed by atoms with E-state index in [1.165, 1.54) is 12.8 Å². The summed E-state index contributed by atoms with van der Waals surface area (Å²) < 4.78 is 0. The molecule has 1 aliphatic rings. The zero-order valence-electron chi connectivity index (χ0n) is 8.16. The standard InChI is InChI=1S/C9H19N3O/c1-2-8(9(10)11)12(5-6-13)7-3-4-7/h7-8,13H,2-6H2,1H3,(H3,10,11). The van der Waals surface area contributed by atoms with Crippen LogP contribution in [0.5, 0.6) is 0 Å². The fraction of sp³-hybridized carbons (Fsp3) is 0.889. The fourth-order valence-electron chi connectivity index (χ4n) is 1.75. The van der Waals surface area contributed by atoms with E-state index < -0.39 is 0 Å². The van der Waals surface area contributed by atoms with Crippen LogP contribution in [0.1, 0.15) is 26.2 Å². The van der Waals surface area contributed by atoms with Gasteiger partial charge in [-0.3, -0.25) is 10.3 Å². The molecule has 1 saturated carbocycles. The lowest BCUT2D eigenvalue weighted by molar-refractivity contribution is 0.167. The third-order valence-corrected chi connectivity index (χ3v) is 2.52. The monoisotopic (exact) mass is 185 g/mol. The van der Waals surface area contributed by atoms with Gasteiger partial charge in [0.15, 0.2) is 0 Å². The van der Waals surface area contributed by atoms with Crippen LogP contribution < -0.4 is 5.73 Å². The van der Waals surface area contributed by atoms with Crippen molar-refractivity contribution in [2.75, 3.05) is 13.2 Å². The van der Waals surface area contributed by atoms with Gasteiger partial charge in [0.1, 0.15) is 5.84 Å². The van der Waals surface area contributed by atoms with Gasteiger partial charge in [-0.15, -0.1) is 0 Å². The SMILES string of the molecule is CCC(C(=N)N)N(CCO)C1CC1. The van der Waals surface area contributed by atoms with Gasteiger partial charge in [-0.25, -0.2) is 0 Å². The van der Waals surface area contributed by atoms with Crippen molar-refractivity contribution in [1.29, 1.82) is 5.41 Å². The van der Waals surface area contributed by atoms with Gasteiger partial charge in [0, 0.05) is 12.6 Å². The molecule has 0 aromatic rings. The van der Waals surface area contributed by atoms with E-state index in [2.05, 4.69) is 4.90 Å². The zero-order valence-corrected chi connectivity index (χ0v) is 8.16. The predicted octanol–water partition coefficient (Wildman–Crippen LogP) is 0.158. The van der Waals surface area contributed by atoms with Gasteiger partial charge in [0.2, 0.25) is 0 Å². The molecule has 0 radical (unpaired) electrons. The molecule has 1 fully saturated rings. The molecule has 0 aliphatic heterocycles. The van der Waals surface area contributed by atoms with Crippen molar-refractivity contribution < 1.29 is 5.11 Å². The van der Waals surface area contributed by atoms with E-state index in [-0.39, 0.29) is 18.5 Å². The van der Waals surface area contributed by atoms with E-state index in [1.54, 1.807) is 0 Å². The average Bonchev–Trinajstić information content (AvgIpc) is 2.86. The second-order valence-electron chi connectivity index (χ2n) is 3.57. The Labute approximate surface area is 79.2 Å². The Balaban J connectivity index is 2.54. The molecule has 4 N–H and O–H groups in total. The molecule has 0 aromatic carbocycles. The summed E-state index contributed by atoms with van der Waals surface area (Å²) in [6.45, 7) is 2.82. The second kappa shape index (κ2) is 4.58. The maximum atomic E-state index is 8.89. The third-order valence-electron chi connectivity index (χ3n) is 2.52. The van der Waals surface area contributed by atoms with Gasteiger partial charge in [0.05, 0.1) is 12.6 Å². The first-order chi connectivity index (χ1) is 6.20. The highest BCUT2D eigenvalue weighted by Gasteiger charge is 2.33. The van der Waals surface area contributed by atoms with Crippen LogP contribution in [-0.4, -0.2) is 41.1 Å². The predicted molar refractivity (Wildman–Crippen MR) is 52.8 cm³/mol. The summed E-state index contributed by atoms with van der Waals surface area (Å²) >= 11 is 0. The number of nitrogens with one attached hydrogen (secondary N) is 1. The van der Waals surface area contributed by atoms with Crippen molar-refractivity contribution in [2.24, 2.45) is 5.73 Å². The van der Waals surface area contributed by atoms with E-state index >= 15 is 0 Å². The minimum atomic E-state index is 0.0275. The molecular weight excluding hydrogens is 166 g/mol. The van der Waals surface area contributed by atoms with Crippen LogP contribution >= 0.6 is 0 Å². The molecule has 0 aromatic heterocycles. The number of hydrogen-bond acceptors (Lipinski definition) is 3. The Morgan fingerprint density at radius 3 is 2.62 bits per heavy atom. The minimum Gasteiger partial charge on any atom is -0.395 e. The number of aliphatic hydroxyl groups excluding tert-OH is 1. The van der Waals surface area contributed by atoms with Crippen molar-refractivity contribution >= 4 is 5.84 Å². The normalized spacial score (nSPS) is 19.0. The van der Waals surface area contributed by atoms with Crippen LogP contribution in [0.15, 0.2) is 0 Å². The molecule has 1 unspecified atom stereocenters. The van der Waals surface area contributed by atoms with Crippen LogP contribution in [0.4, 0.5) is 0 Å². The van der Waals surface area contributed by atoms with Gasteiger partial charge in [-0.2, -0.15) is 0 Å². The Kier molecular flexibility index (Phi) is 3.69. The quantitative estimate of drug-likeness (QED) is 0.407. The lowest BCUT2D eigenvalue weighted by Gasteiger charge is -2.29. The van der Waals surface area contributed by atoms with Crippen LogP contribution in [0.2, 0.25) is 0 Å². The Hall–Kier alpha value is -0.610. The number of aliphatic hydroxyl groups is 1. The molecule has 0 heterocycles. The number of amidine groups is 1. The number of hydrogen-bond donors (Lipinski definition) is 3. The highest BCUT2D eigenvalue weighted by molar-refractivity contribution is 5.82. The van der Waals surface area contributed by atoms with Crippen molar-refractivity contribution in [3.63, 3.8) is 0 Å². The maximum absolute atomic E-state index is 8.89. The lowest BCUT2D eigenvalue weighted by atomic mass is 10.1. The van der Waals surface area contributed by atoms with Gasteiger partial charge in [-0.05, 0) is 19.3 Å². The molecule has 0 spiro atoms. The van der Waals surface area contributed by atoms with E-state index in [0.29, 0.717) is 12.6 Å². The topological polar surface area (TPSA) is 73.3 Å². The lowest BCUT2D eigenvalue weighted by Crippen LogP contribution is -2.46. The zero-order chi connectivity index (χ0) is 9.84. The van der Waals surface area contributed by atoms with Crippen LogP contribution in [0, 0.1) is 5.41 Å². The molecule has 0 bridgehead atoms. The van der Waals surface area contributed by atoms with Crippen LogP contribution in [0.3, 0.4) is 0 Å². The van der Waals surface area contributed by atoms with Crippen molar-refractivity contribution in [2.45, 2.75) is 38.3 Å². The van der Waals surface area contributed by atoms with Crippen molar-refractivity contribution in [3.05, 3.63) is 0 Å². The Bertz CT molecular complexity index is 180. The third kappa shape index (κ3) is 2.67. The number of nitrogens with zero attached hydrogens (tertiary/aromatic N) is 1. The smallest absolute Gasteiger partial charge is 0.108 e. The highest BCUT2D eigenvalue weighted by atomic mass is 16.3. The summed E-state index contributed by atoms with van der Waals surface area (Å²) in [5.74, 6) is 0.225. The summed E-state index contributed by atoms with van der Waals surface area (Å²) in [6, 6.07) is 0.584. The first-order valence-electron chi connectivity index (χ1n) is 4.91. The number of nitrogens with two attached hydrogens (primary N) is 1.